The van der Waals surface area contributed by atoms with Gasteiger partial charge in [0.25, 0.3) is 0 Å². The van der Waals surface area contributed by atoms with Gasteiger partial charge in [-0.2, -0.15) is 0 Å². The highest BCUT2D eigenvalue weighted by molar-refractivity contribution is 7.82. The second kappa shape index (κ2) is 8.85. The molecule has 0 aliphatic carbocycles. The summed E-state index contributed by atoms with van der Waals surface area (Å²) in [6, 6.07) is 28.1. The van der Waals surface area contributed by atoms with Crippen LogP contribution in [0, 0.1) is 0 Å². The lowest BCUT2D eigenvalue weighted by molar-refractivity contribution is 0.180. The lowest BCUT2D eigenvalue weighted by Crippen LogP contribution is -2.18. The topological polar surface area (TPSA) is 46.5 Å². The van der Waals surface area contributed by atoms with Crippen molar-refractivity contribution in [2.45, 2.75) is 12.5 Å². The molecule has 0 spiro atoms. The summed E-state index contributed by atoms with van der Waals surface area (Å²) in [5, 5.41) is 11.9. The molecule has 1 atom stereocenters. The molecular weight excluding hydrogens is 355 g/mol. The van der Waals surface area contributed by atoms with Crippen molar-refractivity contribution in [1.29, 1.82) is 0 Å². The summed E-state index contributed by atoms with van der Waals surface area (Å²) in [4.78, 5) is 0. The largest absolute Gasteiger partial charge is 0.493 e. The fraction of sp³-hybridized carbons (Fsp3) is 0.130. The monoisotopic (exact) mass is 378 g/mol. The minimum absolute atomic E-state index is 0.316. The van der Waals surface area contributed by atoms with Crippen LogP contribution in [0.25, 0.3) is 0 Å². The van der Waals surface area contributed by atoms with Crippen molar-refractivity contribution in [1.82, 2.24) is 0 Å². The number of rotatable bonds is 7. The number of hydrogen-bond acceptors (Lipinski definition) is 3. The van der Waals surface area contributed by atoms with Crippen molar-refractivity contribution >= 4 is 17.8 Å². The van der Waals surface area contributed by atoms with E-state index in [1.54, 1.807) is 6.08 Å². The van der Waals surface area contributed by atoms with E-state index in [4.69, 9.17) is 4.74 Å². The molecule has 0 saturated heterocycles. The maximum absolute atomic E-state index is 14.2. The zero-order valence-corrected chi connectivity index (χ0v) is 16.1. The van der Waals surface area contributed by atoms with Gasteiger partial charge >= 0.3 is 0 Å². The van der Waals surface area contributed by atoms with Crippen LogP contribution in [-0.2, 0) is 9.30 Å². The predicted molar refractivity (Wildman–Crippen MR) is 111 cm³/mol. The first-order valence-corrected chi connectivity index (χ1v) is 10.6. The quantitative estimate of drug-likeness (QED) is 0.482. The fourth-order valence-corrected chi connectivity index (χ4v) is 5.65. The molecule has 0 aliphatic heterocycles. The van der Waals surface area contributed by atoms with Crippen molar-refractivity contribution in [3.63, 3.8) is 0 Å². The Bertz CT molecular complexity index is 878. The third-order valence-electron chi connectivity index (χ3n) is 4.46. The van der Waals surface area contributed by atoms with Gasteiger partial charge in [0.2, 0.25) is 7.14 Å². The van der Waals surface area contributed by atoms with E-state index >= 15 is 0 Å². The maximum Gasteiger partial charge on any atom is 0.203 e. The molecule has 0 amide bonds. The Labute approximate surface area is 160 Å². The molecule has 1 N–H and O–H groups in total. The van der Waals surface area contributed by atoms with Crippen LogP contribution in [0.4, 0.5) is 0 Å². The van der Waals surface area contributed by atoms with Gasteiger partial charge in [-0.25, -0.2) is 0 Å². The smallest absolute Gasteiger partial charge is 0.203 e. The van der Waals surface area contributed by atoms with Crippen LogP contribution in [0.5, 0.6) is 0 Å². The Morgan fingerprint density at radius 2 is 1.33 bits per heavy atom. The molecule has 138 valence electrons. The average Bonchev–Trinajstić information content (AvgIpc) is 2.75. The van der Waals surface area contributed by atoms with Gasteiger partial charge in [0.15, 0.2) is 5.50 Å². The number of ether oxygens (including phenoxy) is 1. The van der Waals surface area contributed by atoms with Gasteiger partial charge in [-0.3, -0.25) is 0 Å². The molecule has 3 aromatic carbocycles. The Hall–Kier alpha value is -2.61. The maximum atomic E-state index is 14.2. The summed E-state index contributed by atoms with van der Waals surface area (Å²) in [7, 11) is -1.63. The van der Waals surface area contributed by atoms with E-state index in [2.05, 4.69) is 0 Å². The van der Waals surface area contributed by atoms with Crippen molar-refractivity contribution in [2.24, 2.45) is 0 Å². The molecule has 0 radical (unpaired) electrons. The van der Waals surface area contributed by atoms with E-state index < -0.39 is 13.2 Å². The number of benzene rings is 3. The van der Waals surface area contributed by atoms with Crippen molar-refractivity contribution in [2.75, 3.05) is 7.11 Å². The van der Waals surface area contributed by atoms with E-state index in [0.717, 1.165) is 5.56 Å². The van der Waals surface area contributed by atoms with Crippen LogP contribution in [0.1, 0.15) is 18.1 Å². The summed E-state index contributed by atoms with van der Waals surface area (Å²) in [6.07, 6.45) is 1.38. The molecule has 1 unspecified atom stereocenters. The zero-order chi connectivity index (χ0) is 19.1. The number of aliphatic hydroxyl groups excluding tert-OH is 1. The second-order valence-corrected chi connectivity index (χ2v) is 8.88. The standard InChI is InChI=1S/C23H23O3P/c1-26-23(18-17-22(24)19-11-5-2-6-12-19)27(25,20-13-7-3-8-14-20)21-15-9-4-10-16-21/h2-16,18,22,24H,17H2,1H3/b23-18+. The van der Waals surface area contributed by atoms with Crippen LogP contribution in [-0.4, -0.2) is 12.2 Å². The zero-order valence-electron chi connectivity index (χ0n) is 15.2. The number of hydrogen-bond donors (Lipinski definition) is 1. The first kappa shape index (κ1) is 19.2. The minimum atomic E-state index is -3.15. The van der Waals surface area contributed by atoms with E-state index in [1.165, 1.54) is 7.11 Å². The Kier molecular flexibility index (Phi) is 6.28. The highest BCUT2D eigenvalue weighted by Crippen LogP contribution is 2.52. The second-order valence-electron chi connectivity index (χ2n) is 6.19. The van der Waals surface area contributed by atoms with Crippen molar-refractivity contribution in [3.8, 4) is 0 Å². The average molecular weight is 378 g/mol. The first-order valence-electron chi connectivity index (χ1n) is 8.85. The van der Waals surface area contributed by atoms with Crippen LogP contribution in [0.3, 0.4) is 0 Å². The Balaban J connectivity index is 2.01. The molecular formula is C23H23O3P. The summed E-state index contributed by atoms with van der Waals surface area (Å²) >= 11 is 0. The molecule has 27 heavy (non-hydrogen) atoms. The third-order valence-corrected chi connectivity index (χ3v) is 7.50. The molecule has 0 bridgehead atoms. The SMILES string of the molecule is CO/C(=C\CC(O)c1ccccc1)P(=O)(c1ccccc1)c1ccccc1. The van der Waals surface area contributed by atoms with Crippen LogP contribution < -0.4 is 10.6 Å². The van der Waals surface area contributed by atoms with Gasteiger partial charge < -0.3 is 14.4 Å². The van der Waals surface area contributed by atoms with Gasteiger partial charge in [-0.1, -0.05) is 91.0 Å². The van der Waals surface area contributed by atoms with Gasteiger partial charge in [0.05, 0.1) is 13.2 Å². The normalized spacial score (nSPS) is 13.2. The summed E-state index contributed by atoms with van der Waals surface area (Å²) in [6.45, 7) is 0. The molecule has 0 aromatic heterocycles. The number of methoxy groups -OCH3 is 1. The molecule has 3 rings (SSSR count). The van der Waals surface area contributed by atoms with Gasteiger partial charge in [-0.15, -0.1) is 0 Å². The van der Waals surface area contributed by atoms with Gasteiger partial charge in [0.1, 0.15) is 0 Å². The fourth-order valence-electron chi connectivity index (χ4n) is 3.04. The number of aliphatic hydroxyl groups is 1. The van der Waals surface area contributed by atoms with E-state index in [0.29, 0.717) is 22.5 Å². The lowest BCUT2D eigenvalue weighted by Gasteiger charge is -2.22. The van der Waals surface area contributed by atoms with Crippen LogP contribution >= 0.6 is 7.14 Å². The summed E-state index contributed by atoms with van der Waals surface area (Å²) in [5.74, 6) is 0. The van der Waals surface area contributed by atoms with Crippen molar-refractivity contribution in [3.05, 3.63) is 108 Å². The predicted octanol–water partition coefficient (Wildman–Crippen LogP) is 4.61. The molecule has 0 heterocycles. The molecule has 0 saturated carbocycles. The van der Waals surface area contributed by atoms with E-state index in [9.17, 15) is 9.67 Å². The van der Waals surface area contributed by atoms with Crippen LogP contribution in [0.15, 0.2) is 103 Å². The molecule has 4 heteroatoms. The highest BCUT2D eigenvalue weighted by Gasteiger charge is 2.33. The minimum Gasteiger partial charge on any atom is -0.493 e. The van der Waals surface area contributed by atoms with E-state index in [1.807, 2.05) is 91.0 Å². The van der Waals surface area contributed by atoms with Crippen LogP contribution in [0.2, 0.25) is 0 Å². The molecule has 3 nitrogen and oxygen atoms in total. The Morgan fingerprint density at radius 3 is 1.78 bits per heavy atom. The summed E-state index contributed by atoms with van der Waals surface area (Å²) < 4.78 is 19.8. The van der Waals surface area contributed by atoms with Gasteiger partial charge in [-0.05, 0) is 18.1 Å². The van der Waals surface area contributed by atoms with E-state index in [-0.39, 0.29) is 0 Å². The summed E-state index contributed by atoms with van der Waals surface area (Å²) in [5.41, 5.74) is 1.20. The Morgan fingerprint density at radius 1 is 0.889 bits per heavy atom. The molecule has 3 aromatic rings. The highest BCUT2D eigenvalue weighted by atomic mass is 31.2. The molecule has 0 aliphatic rings. The van der Waals surface area contributed by atoms with Crippen molar-refractivity contribution < 1.29 is 14.4 Å². The first-order chi connectivity index (χ1) is 13.2. The molecule has 0 fully saturated rings. The van der Waals surface area contributed by atoms with Gasteiger partial charge in [0, 0.05) is 10.6 Å². The lowest BCUT2D eigenvalue weighted by atomic mass is 10.1. The third kappa shape index (κ3) is 4.21.